The summed E-state index contributed by atoms with van der Waals surface area (Å²) in [5.74, 6) is -3.11. The van der Waals surface area contributed by atoms with Gasteiger partial charge in [0.2, 0.25) is 0 Å². The maximum absolute atomic E-state index is 13.4. The van der Waals surface area contributed by atoms with Gasteiger partial charge < -0.3 is 0 Å². The summed E-state index contributed by atoms with van der Waals surface area (Å²) in [6.45, 7) is -0.990. The van der Waals surface area contributed by atoms with E-state index in [4.69, 9.17) is 5.11 Å². The van der Waals surface area contributed by atoms with Crippen molar-refractivity contribution < 1.29 is 28.7 Å². The molecular formula is C24H26FIN2O5. The molecule has 0 saturated heterocycles. The monoisotopic (exact) mass is 568 g/mol. The summed E-state index contributed by atoms with van der Waals surface area (Å²) < 4.78 is 12.2. The Kier molecular flexibility index (Phi) is 8.17. The van der Waals surface area contributed by atoms with Crippen LogP contribution in [0.3, 0.4) is 0 Å². The van der Waals surface area contributed by atoms with E-state index in [0.717, 1.165) is 22.4 Å². The average Bonchev–Trinajstić information content (AvgIpc) is 2.80. The van der Waals surface area contributed by atoms with Crippen LogP contribution in [0.15, 0.2) is 48.5 Å². The van der Waals surface area contributed by atoms with Gasteiger partial charge in [0.15, 0.2) is 0 Å². The first-order valence-electron chi connectivity index (χ1n) is 10.3. The number of alkyl halides is 4. The Morgan fingerprint density at radius 1 is 1.03 bits per heavy atom. The number of amides is 2. The summed E-state index contributed by atoms with van der Waals surface area (Å²) in [5.41, 5.74) is 3.77. The number of hydrogen-bond donors (Lipinski definition) is 2. The van der Waals surface area contributed by atoms with Crippen molar-refractivity contribution in [2.45, 2.75) is 29.4 Å². The summed E-state index contributed by atoms with van der Waals surface area (Å²) in [6, 6.07) is 14.0. The predicted octanol–water partition coefficient (Wildman–Crippen LogP) is 3.22. The number of anilines is 1. The number of carboxylic acids is 1. The second kappa shape index (κ2) is 10.9. The van der Waals surface area contributed by atoms with Crippen molar-refractivity contribution in [1.29, 1.82) is 0 Å². The van der Waals surface area contributed by atoms with Crippen LogP contribution in [0.4, 0.5) is 10.1 Å². The molecule has 2 N–H and O–H groups in total. The van der Waals surface area contributed by atoms with Crippen LogP contribution in [0.1, 0.15) is 18.4 Å². The summed E-state index contributed by atoms with van der Waals surface area (Å²) in [6.07, 6.45) is -0.767. The Labute approximate surface area is 198 Å². The van der Waals surface area contributed by atoms with Crippen LogP contribution in [0.25, 0.3) is 11.1 Å². The Hall–Kier alpha value is -2.82. The first-order chi connectivity index (χ1) is 15.7. The number of nitrogens with zero attached hydrogens (tertiary/aromatic N) is 1. The second-order valence-electron chi connectivity index (χ2n) is 7.90. The van der Waals surface area contributed by atoms with Crippen LogP contribution >= 0.6 is 19.8 Å². The van der Waals surface area contributed by atoms with Crippen molar-refractivity contribution in [3.63, 3.8) is 0 Å². The number of fused-ring (bicyclic) bond motifs is 3. The summed E-state index contributed by atoms with van der Waals surface area (Å²) in [5, 5.41) is 11.4. The van der Waals surface area contributed by atoms with Gasteiger partial charge in [0.1, 0.15) is 0 Å². The van der Waals surface area contributed by atoms with Gasteiger partial charge in [-0.1, -0.05) is 0 Å². The first kappa shape index (κ1) is 24.8. The number of rotatable bonds is 9. The third kappa shape index (κ3) is 5.76. The second-order valence-corrected chi connectivity index (χ2v) is 14.1. The molecule has 0 bridgehead atoms. The molecule has 0 saturated carbocycles. The van der Waals surface area contributed by atoms with E-state index < -0.39 is 60.5 Å². The molecular weight excluding hydrogens is 542 g/mol. The molecule has 33 heavy (non-hydrogen) atoms. The van der Waals surface area contributed by atoms with Gasteiger partial charge in [0.05, 0.1) is 0 Å². The quantitative estimate of drug-likeness (QED) is 0.357. The molecule has 7 nitrogen and oxygen atoms in total. The van der Waals surface area contributed by atoms with E-state index in [1.165, 1.54) is 0 Å². The van der Waals surface area contributed by atoms with Crippen molar-refractivity contribution in [2.75, 3.05) is 21.4 Å². The number of aliphatic carboxylic acids is 1. The van der Waals surface area contributed by atoms with Crippen molar-refractivity contribution in [1.82, 2.24) is 5.32 Å². The van der Waals surface area contributed by atoms with Crippen LogP contribution < -0.4 is 10.2 Å². The molecule has 2 atom stereocenters. The number of halogens is 2. The van der Waals surface area contributed by atoms with Gasteiger partial charge in [-0.15, -0.1) is 0 Å². The van der Waals surface area contributed by atoms with Gasteiger partial charge in [0.25, 0.3) is 0 Å². The van der Waals surface area contributed by atoms with Crippen molar-refractivity contribution in [3.8, 4) is 11.1 Å². The molecule has 2 aromatic carbocycles. The van der Waals surface area contributed by atoms with Crippen molar-refractivity contribution in [2.24, 2.45) is 0 Å². The number of carbonyl (C=O) groups is 4. The van der Waals surface area contributed by atoms with E-state index in [0.29, 0.717) is 6.54 Å². The van der Waals surface area contributed by atoms with E-state index in [9.17, 15) is 23.6 Å². The molecule has 2 aromatic rings. The fourth-order valence-corrected chi connectivity index (χ4v) is 6.39. The summed E-state index contributed by atoms with van der Waals surface area (Å²) >= 11 is -1.94. The minimum atomic E-state index is -1.94. The number of carboxylic acid groups (broad SMARTS) is 1. The van der Waals surface area contributed by atoms with Crippen LogP contribution in [-0.2, 0) is 25.7 Å². The number of benzene rings is 2. The van der Waals surface area contributed by atoms with Gasteiger partial charge in [-0.25, -0.2) is 0 Å². The van der Waals surface area contributed by atoms with E-state index in [1.807, 2.05) is 58.4 Å². The van der Waals surface area contributed by atoms with Gasteiger partial charge in [-0.05, 0) is 0 Å². The fourth-order valence-electron chi connectivity index (χ4n) is 3.82. The molecule has 1 unspecified atom stereocenters. The first-order valence-corrected chi connectivity index (χ1v) is 15.9. The van der Waals surface area contributed by atoms with Gasteiger partial charge >= 0.3 is 199 Å². The number of ketones is 1. The van der Waals surface area contributed by atoms with Crippen LogP contribution in [0, 0.1) is 0 Å². The topological polar surface area (TPSA) is 104 Å². The van der Waals surface area contributed by atoms with Crippen molar-refractivity contribution >= 4 is 49.1 Å². The van der Waals surface area contributed by atoms with Gasteiger partial charge in [-0.3, -0.25) is 0 Å². The zero-order valence-electron chi connectivity index (χ0n) is 18.4. The third-order valence-corrected chi connectivity index (χ3v) is 9.53. The molecule has 3 rings (SSSR count). The van der Waals surface area contributed by atoms with E-state index in [1.54, 1.807) is 4.90 Å². The molecule has 176 valence electrons. The Morgan fingerprint density at radius 3 is 2.30 bits per heavy atom. The van der Waals surface area contributed by atoms with E-state index in [2.05, 4.69) is 5.32 Å². The normalized spacial score (nSPS) is 14.4. The minimum absolute atomic E-state index is 0.0657. The SMILES string of the molecule is CI(C)[C@H](CC(=O)N1Cc2ccccc2-c2ccccc21)C(=O)NC(CC(=O)O)C(=O)CF. The molecule has 0 fully saturated rings. The zero-order chi connectivity index (χ0) is 24.1. The fraction of sp³-hybridized carbons (Fsp3) is 0.333. The van der Waals surface area contributed by atoms with E-state index >= 15 is 0 Å². The Balaban J connectivity index is 1.81. The molecule has 1 aliphatic heterocycles. The standard InChI is InChI=1S/C24H26FIN2O5/c1-26(2)18(24(33)27-19(12-23(31)32)21(29)13-25)11-22(30)28-14-15-7-3-4-8-16(15)17-9-5-6-10-20(17)28/h3-10,18-19H,11-14H2,1-2H3,(H,27,33)(H,31,32)/t18-,19?/m1/s1. The molecule has 1 heterocycles. The molecule has 0 radical (unpaired) electrons. The number of nitrogens with one attached hydrogen (secondary N) is 1. The zero-order valence-corrected chi connectivity index (χ0v) is 20.5. The number of Topliss-reactive ketones (excluding diaryl/α,β-unsaturated/α-hetero) is 1. The Bertz CT molecular complexity index is 1070. The maximum atomic E-state index is 13.4. The Morgan fingerprint density at radius 2 is 1.67 bits per heavy atom. The van der Waals surface area contributed by atoms with Crippen LogP contribution in [0.2, 0.25) is 0 Å². The summed E-state index contributed by atoms with van der Waals surface area (Å²) in [4.78, 5) is 54.7. The third-order valence-electron chi connectivity index (χ3n) is 5.51. The molecule has 0 spiro atoms. The van der Waals surface area contributed by atoms with Crippen molar-refractivity contribution in [3.05, 3.63) is 54.1 Å². The predicted molar refractivity (Wildman–Crippen MR) is 133 cm³/mol. The van der Waals surface area contributed by atoms with Crippen LogP contribution in [-0.4, -0.2) is 55.2 Å². The number of hydrogen-bond acceptors (Lipinski definition) is 4. The molecule has 1 aliphatic rings. The average molecular weight is 568 g/mol. The molecule has 0 aliphatic carbocycles. The molecule has 0 aromatic heterocycles. The van der Waals surface area contributed by atoms with E-state index in [-0.39, 0.29) is 12.3 Å². The summed E-state index contributed by atoms with van der Waals surface area (Å²) in [7, 11) is 0. The van der Waals surface area contributed by atoms with Gasteiger partial charge in [-0.2, -0.15) is 0 Å². The van der Waals surface area contributed by atoms with Crippen LogP contribution in [0.5, 0.6) is 0 Å². The van der Waals surface area contributed by atoms with Gasteiger partial charge in [0, 0.05) is 0 Å². The number of para-hydroxylation sites is 1. The molecule has 2 amide bonds. The number of carbonyl (C=O) groups excluding carboxylic acids is 3. The molecule has 9 heteroatoms.